The van der Waals surface area contributed by atoms with Crippen LogP contribution in [0.3, 0.4) is 0 Å². The number of carboxylic acid groups (broad SMARTS) is 1. The molecule has 0 aliphatic rings. The number of rotatable bonds is 6. The smallest absolute Gasteiger partial charge is 0.337 e. The number of benzene rings is 2. The summed E-state index contributed by atoms with van der Waals surface area (Å²) in [4.78, 5) is 23.5. The van der Waals surface area contributed by atoms with Crippen molar-refractivity contribution in [2.24, 2.45) is 11.5 Å². The predicted octanol–water partition coefficient (Wildman–Crippen LogP) is 0.867. The van der Waals surface area contributed by atoms with Gasteiger partial charge in [0, 0.05) is 18.0 Å². The molecule has 1 atom stereocenters. The number of aromatic nitrogens is 2. The Morgan fingerprint density at radius 1 is 1.00 bits per heavy atom. The van der Waals surface area contributed by atoms with Crippen LogP contribution in [0.1, 0.15) is 11.1 Å². The minimum atomic E-state index is -1.05. The van der Waals surface area contributed by atoms with Crippen molar-refractivity contribution in [2.75, 3.05) is 0 Å². The zero-order valence-corrected chi connectivity index (χ0v) is 14.4. The molecule has 0 spiro atoms. The Hall–Kier alpha value is -3.65. The lowest BCUT2D eigenvalue weighted by molar-refractivity contribution is -0.138. The summed E-state index contributed by atoms with van der Waals surface area (Å²) in [6.07, 6.45) is 3.52. The van der Waals surface area contributed by atoms with Crippen molar-refractivity contribution < 1.29 is 9.90 Å². The molecule has 27 heavy (non-hydrogen) atoms. The first-order valence-corrected chi connectivity index (χ1v) is 8.19. The molecule has 0 radical (unpaired) electrons. The summed E-state index contributed by atoms with van der Waals surface area (Å²) in [7, 11) is 0. The van der Waals surface area contributed by atoms with Gasteiger partial charge in [0.05, 0.1) is 11.4 Å². The molecule has 2 aromatic carbocycles. The highest BCUT2D eigenvalue weighted by atomic mass is 16.4. The van der Waals surface area contributed by atoms with Crippen molar-refractivity contribution in [3.63, 3.8) is 0 Å². The van der Waals surface area contributed by atoms with Gasteiger partial charge in [0.2, 0.25) is 0 Å². The highest BCUT2D eigenvalue weighted by Gasteiger charge is 2.12. The maximum absolute atomic E-state index is 12.7. The summed E-state index contributed by atoms with van der Waals surface area (Å²) < 4.78 is 2.97. The summed E-state index contributed by atoms with van der Waals surface area (Å²) in [6.45, 7) is 0. The van der Waals surface area contributed by atoms with Crippen molar-refractivity contribution in [1.82, 2.24) is 9.13 Å². The second-order valence-electron chi connectivity index (χ2n) is 6.10. The Kier molecular flexibility index (Phi) is 4.91. The van der Waals surface area contributed by atoms with Crippen molar-refractivity contribution in [3.05, 3.63) is 82.5 Å². The van der Waals surface area contributed by atoms with Crippen LogP contribution in [0.25, 0.3) is 11.4 Å². The number of carboxylic acids is 1. The molecular weight excluding hydrogens is 346 g/mol. The summed E-state index contributed by atoms with van der Waals surface area (Å²) in [5.41, 5.74) is 13.4. The zero-order valence-electron chi connectivity index (χ0n) is 14.4. The van der Waals surface area contributed by atoms with E-state index in [1.54, 1.807) is 60.9 Å². The van der Waals surface area contributed by atoms with Crippen LogP contribution in [0.5, 0.6) is 0 Å². The number of amidine groups is 1. The largest absolute Gasteiger partial charge is 0.480 e. The van der Waals surface area contributed by atoms with Gasteiger partial charge in [-0.1, -0.05) is 12.1 Å². The number of nitrogen functional groups attached to an aromatic ring is 1. The average molecular weight is 365 g/mol. The molecule has 3 rings (SSSR count). The number of nitrogens with zero attached hydrogens (tertiary/aromatic N) is 2. The van der Waals surface area contributed by atoms with E-state index in [0.29, 0.717) is 16.9 Å². The van der Waals surface area contributed by atoms with E-state index in [2.05, 4.69) is 0 Å². The third-order valence-electron chi connectivity index (χ3n) is 4.22. The normalized spacial score (nSPS) is 11.9. The number of imidazole rings is 1. The van der Waals surface area contributed by atoms with Crippen molar-refractivity contribution in [1.29, 1.82) is 5.41 Å². The van der Waals surface area contributed by atoms with Crippen molar-refractivity contribution >= 4 is 11.8 Å². The fraction of sp³-hybridized carbons (Fsp3) is 0.105. The van der Waals surface area contributed by atoms with Gasteiger partial charge in [-0.2, -0.15) is 0 Å². The van der Waals surface area contributed by atoms with Crippen LogP contribution in [-0.2, 0) is 11.2 Å². The average Bonchev–Trinajstić information content (AvgIpc) is 3.03. The van der Waals surface area contributed by atoms with Crippen LogP contribution in [0.4, 0.5) is 0 Å². The first-order chi connectivity index (χ1) is 12.9. The summed E-state index contributed by atoms with van der Waals surface area (Å²) >= 11 is 0. The zero-order chi connectivity index (χ0) is 19.6. The van der Waals surface area contributed by atoms with Crippen LogP contribution in [-0.4, -0.2) is 32.1 Å². The van der Waals surface area contributed by atoms with E-state index < -0.39 is 12.0 Å². The number of carbonyl (C=O) groups is 1. The fourth-order valence-electron chi connectivity index (χ4n) is 2.71. The molecule has 0 saturated carbocycles. The van der Waals surface area contributed by atoms with Crippen LogP contribution in [0.15, 0.2) is 65.7 Å². The molecule has 138 valence electrons. The number of nitrogens with one attached hydrogen (secondary N) is 1. The molecule has 8 nitrogen and oxygen atoms in total. The number of hydrogen-bond acceptors (Lipinski definition) is 4. The Balaban J connectivity index is 1.86. The van der Waals surface area contributed by atoms with Gasteiger partial charge in [0.15, 0.2) is 0 Å². The third kappa shape index (κ3) is 3.80. The van der Waals surface area contributed by atoms with Gasteiger partial charge < -0.3 is 16.6 Å². The van der Waals surface area contributed by atoms with Crippen LogP contribution in [0.2, 0.25) is 0 Å². The maximum atomic E-state index is 12.7. The van der Waals surface area contributed by atoms with Crippen LogP contribution in [0, 0.1) is 5.41 Å². The minimum absolute atomic E-state index is 0.0332. The second-order valence-corrected chi connectivity index (χ2v) is 6.10. The lowest BCUT2D eigenvalue weighted by Crippen LogP contribution is -2.32. The lowest BCUT2D eigenvalue weighted by Gasteiger charge is -2.08. The Labute approximate surface area is 154 Å². The number of hydrogen-bond donors (Lipinski definition) is 4. The molecule has 0 aliphatic heterocycles. The molecule has 3 aromatic rings. The lowest BCUT2D eigenvalue weighted by atomic mass is 10.1. The Morgan fingerprint density at radius 3 is 1.93 bits per heavy atom. The van der Waals surface area contributed by atoms with Gasteiger partial charge in [-0.3, -0.25) is 19.3 Å². The SMILES string of the molecule is N=C(N)c1ccc(-n2ccn(-c3ccc(CC(N)C(=O)O)cc3)c2=O)cc1. The quantitative estimate of drug-likeness (QED) is 0.379. The molecule has 1 heterocycles. The molecule has 8 heteroatoms. The van der Waals surface area contributed by atoms with E-state index >= 15 is 0 Å². The minimum Gasteiger partial charge on any atom is -0.480 e. The van der Waals surface area contributed by atoms with Gasteiger partial charge in [0.25, 0.3) is 0 Å². The highest BCUT2D eigenvalue weighted by Crippen LogP contribution is 2.12. The van der Waals surface area contributed by atoms with Gasteiger partial charge in [0.1, 0.15) is 11.9 Å². The Bertz CT molecular complexity index is 1030. The fourth-order valence-corrected chi connectivity index (χ4v) is 2.71. The van der Waals surface area contributed by atoms with Crippen LogP contribution >= 0.6 is 0 Å². The molecule has 0 fully saturated rings. The van der Waals surface area contributed by atoms with Gasteiger partial charge in [-0.15, -0.1) is 0 Å². The highest BCUT2D eigenvalue weighted by molar-refractivity contribution is 5.95. The van der Waals surface area contributed by atoms with Crippen molar-refractivity contribution in [2.45, 2.75) is 12.5 Å². The molecule has 0 bridgehead atoms. The van der Waals surface area contributed by atoms with Gasteiger partial charge >= 0.3 is 11.7 Å². The number of nitrogens with two attached hydrogens (primary N) is 2. The predicted molar refractivity (Wildman–Crippen MR) is 102 cm³/mol. The van der Waals surface area contributed by atoms with Gasteiger partial charge in [-0.05, 0) is 48.4 Å². The molecule has 6 N–H and O–H groups in total. The summed E-state index contributed by atoms with van der Waals surface area (Å²) in [5.74, 6) is -1.09. The maximum Gasteiger partial charge on any atom is 0.337 e. The summed E-state index contributed by atoms with van der Waals surface area (Å²) in [6, 6.07) is 12.8. The van der Waals surface area contributed by atoms with E-state index in [1.807, 2.05) is 0 Å². The third-order valence-corrected chi connectivity index (χ3v) is 4.22. The first-order valence-electron chi connectivity index (χ1n) is 8.19. The first kappa shape index (κ1) is 18.2. The van der Waals surface area contributed by atoms with Crippen LogP contribution < -0.4 is 17.2 Å². The van der Waals surface area contributed by atoms with E-state index in [-0.39, 0.29) is 17.9 Å². The molecule has 1 unspecified atom stereocenters. The van der Waals surface area contributed by atoms with Gasteiger partial charge in [-0.25, -0.2) is 4.79 Å². The standard InChI is InChI=1S/C19H19N5O3/c20-16(18(25)26)11-12-1-5-14(6-2-12)23-9-10-24(19(23)27)15-7-3-13(4-8-15)17(21)22/h1-10,16H,11,20H2,(H3,21,22)(H,25,26). The van der Waals surface area contributed by atoms with E-state index in [1.165, 1.54) is 9.13 Å². The van der Waals surface area contributed by atoms with E-state index in [4.69, 9.17) is 22.0 Å². The van der Waals surface area contributed by atoms with Crippen molar-refractivity contribution in [3.8, 4) is 11.4 Å². The molecule has 0 aliphatic carbocycles. The molecular formula is C19H19N5O3. The second kappa shape index (κ2) is 7.30. The monoisotopic (exact) mass is 365 g/mol. The summed E-state index contributed by atoms with van der Waals surface area (Å²) in [5, 5.41) is 16.3. The molecule has 1 aromatic heterocycles. The van der Waals surface area contributed by atoms with E-state index in [0.717, 1.165) is 5.56 Å². The number of aliphatic carboxylic acids is 1. The van der Waals surface area contributed by atoms with E-state index in [9.17, 15) is 9.59 Å². The Morgan fingerprint density at radius 2 is 1.48 bits per heavy atom. The molecule has 0 saturated heterocycles. The molecule has 0 amide bonds. The topological polar surface area (TPSA) is 140 Å².